The highest BCUT2D eigenvalue weighted by atomic mass is 15.3. The van der Waals surface area contributed by atoms with Gasteiger partial charge in [0.15, 0.2) is 5.82 Å². The molecule has 23 heavy (non-hydrogen) atoms. The number of aryl methyl sites for hydroxylation is 2. The third-order valence-electron chi connectivity index (χ3n) is 4.65. The molecule has 5 heteroatoms. The predicted octanol–water partition coefficient (Wildman–Crippen LogP) is 3.35. The molecule has 5 nitrogen and oxygen atoms in total. The first-order valence-corrected chi connectivity index (χ1v) is 8.21. The van der Waals surface area contributed by atoms with E-state index in [1.54, 1.807) is 0 Å². The van der Waals surface area contributed by atoms with Crippen LogP contribution in [0.1, 0.15) is 35.8 Å². The van der Waals surface area contributed by atoms with E-state index in [1.165, 1.54) is 5.56 Å². The average Bonchev–Trinajstić information content (AvgIpc) is 3.01. The van der Waals surface area contributed by atoms with Gasteiger partial charge in [0, 0.05) is 19.0 Å². The Balaban J connectivity index is 1.61. The van der Waals surface area contributed by atoms with Gasteiger partial charge in [0.05, 0.1) is 16.7 Å². The minimum atomic E-state index is 0.415. The van der Waals surface area contributed by atoms with Crippen molar-refractivity contribution in [2.75, 3.05) is 18.0 Å². The predicted molar refractivity (Wildman–Crippen MR) is 91.8 cm³/mol. The van der Waals surface area contributed by atoms with Gasteiger partial charge in [-0.3, -0.25) is 0 Å². The van der Waals surface area contributed by atoms with E-state index in [1.807, 2.05) is 13.0 Å². The summed E-state index contributed by atoms with van der Waals surface area (Å²) in [5, 5.41) is 8.52. The molecule has 0 unspecified atom stereocenters. The molecular formula is C18H21N5. The third kappa shape index (κ3) is 2.67. The fourth-order valence-electron chi connectivity index (χ4n) is 3.36. The first kappa shape index (κ1) is 14.2. The first-order valence-electron chi connectivity index (χ1n) is 8.21. The SMILES string of the molecule is Cc1ccc(N2CCC[C@H](c3nc4c(C)cccc4[nH]3)C2)nn1. The van der Waals surface area contributed by atoms with E-state index in [0.29, 0.717) is 5.92 Å². The molecule has 1 aromatic carbocycles. The molecule has 0 spiro atoms. The summed E-state index contributed by atoms with van der Waals surface area (Å²) >= 11 is 0. The smallest absolute Gasteiger partial charge is 0.151 e. The minimum Gasteiger partial charge on any atom is -0.354 e. The Labute approximate surface area is 135 Å². The number of hydrogen-bond donors (Lipinski definition) is 1. The van der Waals surface area contributed by atoms with Crippen LogP contribution in [0.2, 0.25) is 0 Å². The van der Waals surface area contributed by atoms with Crippen molar-refractivity contribution in [2.45, 2.75) is 32.6 Å². The number of aromatic nitrogens is 4. The molecule has 1 N–H and O–H groups in total. The van der Waals surface area contributed by atoms with Gasteiger partial charge in [0.1, 0.15) is 5.82 Å². The lowest BCUT2D eigenvalue weighted by atomic mass is 9.97. The van der Waals surface area contributed by atoms with Gasteiger partial charge >= 0.3 is 0 Å². The fourth-order valence-corrected chi connectivity index (χ4v) is 3.36. The highest BCUT2D eigenvalue weighted by molar-refractivity contribution is 5.78. The summed E-state index contributed by atoms with van der Waals surface area (Å²) in [6.07, 6.45) is 2.31. The highest BCUT2D eigenvalue weighted by Crippen LogP contribution is 2.29. The number of benzene rings is 1. The second-order valence-electron chi connectivity index (χ2n) is 6.41. The monoisotopic (exact) mass is 307 g/mol. The van der Waals surface area contributed by atoms with Gasteiger partial charge in [-0.2, -0.15) is 5.10 Å². The van der Waals surface area contributed by atoms with E-state index in [2.05, 4.69) is 51.3 Å². The summed E-state index contributed by atoms with van der Waals surface area (Å²) in [6, 6.07) is 10.4. The number of aromatic amines is 1. The van der Waals surface area contributed by atoms with Gasteiger partial charge in [0.2, 0.25) is 0 Å². The van der Waals surface area contributed by atoms with Gasteiger partial charge in [0.25, 0.3) is 0 Å². The Kier molecular flexibility index (Phi) is 3.48. The lowest BCUT2D eigenvalue weighted by molar-refractivity contribution is 0.491. The number of para-hydroxylation sites is 1. The molecule has 0 saturated carbocycles. The summed E-state index contributed by atoms with van der Waals surface area (Å²) in [7, 11) is 0. The summed E-state index contributed by atoms with van der Waals surface area (Å²) in [4.78, 5) is 10.7. The van der Waals surface area contributed by atoms with Gasteiger partial charge in [-0.25, -0.2) is 4.98 Å². The third-order valence-corrected chi connectivity index (χ3v) is 4.65. The lowest BCUT2D eigenvalue weighted by Gasteiger charge is -2.32. The van der Waals surface area contributed by atoms with Crippen molar-refractivity contribution in [1.29, 1.82) is 0 Å². The topological polar surface area (TPSA) is 57.7 Å². The van der Waals surface area contributed by atoms with E-state index in [0.717, 1.165) is 54.3 Å². The maximum atomic E-state index is 4.86. The summed E-state index contributed by atoms with van der Waals surface area (Å²) < 4.78 is 0. The average molecular weight is 307 g/mol. The van der Waals surface area contributed by atoms with Gasteiger partial charge in [-0.1, -0.05) is 12.1 Å². The van der Waals surface area contributed by atoms with Crippen molar-refractivity contribution in [1.82, 2.24) is 20.2 Å². The molecule has 4 rings (SSSR count). The van der Waals surface area contributed by atoms with E-state index < -0.39 is 0 Å². The number of nitrogens with one attached hydrogen (secondary N) is 1. The van der Waals surface area contributed by atoms with E-state index in [4.69, 9.17) is 4.98 Å². The van der Waals surface area contributed by atoms with Crippen molar-refractivity contribution in [3.05, 3.63) is 47.4 Å². The number of fused-ring (bicyclic) bond motifs is 1. The number of hydrogen-bond acceptors (Lipinski definition) is 4. The lowest BCUT2D eigenvalue weighted by Crippen LogP contribution is -2.35. The Bertz CT molecular complexity index is 821. The fraction of sp³-hybridized carbons (Fsp3) is 0.389. The molecule has 1 saturated heterocycles. The van der Waals surface area contributed by atoms with Gasteiger partial charge < -0.3 is 9.88 Å². The van der Waals surface area contributed by atoms with Crippen LogP contribution in [0.5, 0.6) is 0 Å². The number of nitrogens with zero attached hydrogens (tertiary/aromatic N) is 4. The molecule has 2 aromatic heterocycles. The molecule has 1 aliphatic heterocycles. The van der Waals surface area contributed by atoms with Crippen molar-refractivity contribution in [3.8, 4) is 0 Å². The van der Waals surface area contributed by atoms with E-state index >= 15 is 0 Å². The normalized spacial score (nSPS) is 18.5. The molecule has 0 bridgehead atoms. The quantitative estimate of drug-likeness (QED) is 0.789. The van der Waals surface area contributed by atoms with Crippen LogP contribution in [0, 0.1) is 13.8 Å². The largest absolute Gasteiger partial charge is 0.354 e. The minimum absolute atomic E-state index is 0.415. The van der Waals surface area contributed by atoms with E-state index in [-0.39, 0.29) is 0 Å². The molecule has 1 aliphatic rings. The number of anilines is 1. The standard InChI is InChI=1S/C18H21N5/c1-12-5-3-7-15-17(12)20-18(19-15)14-6-4-10-23(11-14)16-9-8-13(2)21-22-16/h3,5,7-9,14H,4,6,10-11H2,1-2H3,(H,19,20)/t14-/m0/s1. The zero-order valence-corrected chi connectivity index (χ0v) is 13.6. The first-order chi connectivity index (χ1) is 11.2. The van der Waals surface area contributed by atoms with Crippen molar-refractivity contribution in [3.63, 3.8) is 0 Å². The van der Waals surface area contributed by atoms with Crippen LogP contribution in [0.25, 0.3) is 11.0 Å². The Morgan fingerprint density at radius 3 is 2.83 bits per heavy atom. The van der Waals surface area contributed by atoms with Crippen LogP contribution in [0.4, 0.5) is 5.82 Å². The van der Waals surface area contributed by atoms with Crippen LogP contribution in [0.15, 0.2) is 30.3 Å². The summed E-state index contributed by atoms with van der Waals surface area (Å²) in [5.74, 6) is 2.48. The zero-order valence-electron chi connectivity index (χ0n) is 13.6. The van der Waals surface area contributed by atoms with Crippen LogP contribution in [-0.2, 0) is 0 Å². The summed E-state index contributed by atoms with van der Waals surface area (Å²) in [5.41, 5.74) is 4.40. The summed E-state index contributed by atoms with van der Waals surface area (Å²) in [6.45, 7) is 6.05. The Morgan fingerprint density at radius 2 is 2.04 bits per heavy atom. The highest BCUT2D eigenvalue weighted by Gasteiger charge is 2.25. The molecular weight excluding hydrogens is 286 g/mol. The second kappa shape index (κ2) is 5.65. The van der Waals surface area contributed by atoms with Gasteiger partial charge in [-0.05, 0) is 50.5 Å². The Hall–Kier alpha value is -2.43. The molecule has 118 valence electrons. The van der Waals surface area contributed by atoms with Gasteiger partial charge in [-0.15, -0.1) is 5.10 Å². The number of H-pyrrole nitrogens is 1. The van der Waals surface area contributed by atoms with Crippen molar-refractivity contribution < 1.29 is 0 Å². The van der Waals surface area contributed by atoms with Crippen molar-refractivity contribution >= 4 is 16.9 Å². The maximum Gasteiger partial charge on any atom is 0.151 e. The van der Waals surface area contributed by atoms with Crippen LogP contribution < -0.4 is 4.90 Å². The molecule has 0 radical (unpaired) electrons. The van der Waals surface area contributed by atoms with E-state index in [9.17, 15) is 0 Å². The van der Waals surface area contributed by atoms with Crippen LogP contribution >= 0.6 is 0 Å². The molecule has 0 amide bonds. The second-order valence-corrected chi connectivity index (χ2v) is 6.41. The molecule has 3 aromatic rings. The number of imidazole rings is 1. The molecule has 1 atom stereocenters. The van der Waals surface area contributed by atoms with Crippen LogP contribution in [0.3, 0.4) is 0 Å². The Morgan fingerprint density at radius 1 is 1.13 bits per heavy atom. The number of rotatable bonds is 2. The van der Waals surface area contributed by atoms with Crippen LogP contribution in [-0.4, -0.2) is 33.3 Å². The number of piperidine rings is 1. The van der Waals surface area contributed by atoms with Crippen molar-refractivity contribution in [2.24, 2.45) is 0 Å². The molecule has 1 fully saturated rings. The zero-order chi connectivity index (χ0) is 15.8. The maximum absolute atomic E-state index is 4.86. The molecule has 0 aliphatic carbocycles. The molecule has 3 heterocycles.